The maximum Gasteiger partial charge on any atom is 0.248 e. The number of carbonyl (C=O) groups is 1. The van der Waals surface area contributed by atoms with Gasteiger partial charge in [-0.2, -0.15) is 0 Å². The van der Waals surface area contributed by atoms with E-state index in [2.05, 4.69) is 9.80 Å². The third-order valence-corrected chi connectivity index (χ3v) is 7.32. The van der Waals surface area contributed by atoms with Crippen molar-refractivity contribution in [3.8, 4) is 5.75 Å². The van der Waals surface area contributed by atoms with Crippen LogP contribution >= 0.6 is 23.2 Å². The molecule has 202 valence electrons. The number of piperazine rings is 1. The summed E-state index contributed by atoms with van der Waals surface area (Å²) in [6, 6.07) is 20.1. The monoisotopic (exact) mass is 557 g/mol. The zero-order valence-corrected chi connectivity index (χ0v) is 23.0. The van der Waals surface area contributed by atoms with Crippen molar-refractivity contribution in [2.75, 3.05) is 37.7 Å². The van der Waals surface area contributed by atoms with E-state index in [4.69, 9.17) is 33.7 Å². The van der Waals surface area contributed by atoms with Gasteiger partial charge < -0.3 is 25.6 Å². The summed E-state index contributed by atoms with van der Waals surface area (Å²) in [6.45, 7) is 6.06. The van der Waals surface area contributed by atoms with Gasteiger partial charge in [0.15, 0.2) is 0 Å². The van der Waals surface area contributed by atoms with Crippen molar-refractivity contribution >= 4 is 34.8 Å². The first-order valence-electron chi connectivity index (χ1n) is 12.5. The lowest BCUT2D eigenvalue weighted by atomic mass is 9.93. The van der Waals surface area contributed by atoms with Gasteiger partial charge in [-0.1, -0.05) is 47.5 Å². The van der Waals surface area contributed by atoms with E-state index in [1.807, 2.05) is 36.4 Å². The number of nitrogens with zero attached hydrogens (tertiary/aromatic N) is 2. The highest BCUT2D eigenvalue weighted by molar-refractivity contribution is 6.33. The number of ether oxygens (including phenoxy) is 1. The number of amides is 1. The first-order valence-corrected chi connectivity index (χ1v) is 13.3. The van der Waals surface area contributed by atoms with E-state index < -0.39 is 17.6 Å². The van der Waals surface area contributed by atoms with Crippen molar-refractivity contribution in [2.45, 2.75) is 31.6 Å². The number of primary amides is 1. The molecule has 1 aliphatic rings. The van der Waals surface area contributed by atoms with E-state index in [0.29, 0.717) is 53.1 Å². The van der Waals surface area contributed by atoms with Gasteiger partial charge in [0.2, 0.25) is 5.91 Å². The normalized spacial score (nSPS) is 18.6. The minimum atomic E-state index is -1.14. The topological polar surface area (TPSA) is 99.3 Å². The number of halogens is 2. The van der Waals surface area contributed by atoms with Gasteiger partial charge in [-0.3, -0.25) is 9.69 Å². The van der Waals surface area contributed by atoms with Crippen LogP contribution in [0.2, 0.25) is 10.0 Å². The molecule has 3 aromatic carbocycles. The van der Waals surface area contributed by atoms with E-state index in [0.717, 1.165) is 11.3 Å². The molecule has 7 nitrogen and oxygen atoms in total. The predicted octanol–water partition coefficient (Wildman–Crippen LogP) is 4.62. The van der Waals surface area contributed by atoms with E-state index in [9.17, 15) is 15.0 Å². The number of aliphatic hydroxyl groups excluding tert-OH is 1. The molecule has 9 heteroatoms. The molecule has 0 unspecified atom stereocenters. The van der Waals surface area contributed by atoms with Gasteiger partial charge in [0.1, 0.15) is 12.4 Å². The maximum absolute atomic E-state index is 11.4. The highest BCUT2D eigenvalue weighted by atomic mass is 35.5. The zero-order chi connectivity index (χ0) is 27.4. The lowest BCUT2D eigenvalue weighted by Crippen LogP contribution is -2.52. The van der Waals surface area contributed by atoms with E-state index >= 15 is 0 Å². The number of hydrogen-bond donors (Lipinski definition) is 3. The molecule has 3 atom stereocenters. The number of carbonyl (C=O) groups excluding carboxylic acids is 1. The summed E-state index contributed by atoms with van der Waals surface area (Å²) < 4.78 is 5.62. The average Bonchev–Trinajstić information content (AvgIpc) is 2.88. The molecule has 0 spiro atoms. The smallest absolute Gasteiger partial charge is 0.248 e. The van der Waals surface area contributed by atoms with Crippen molar-refractivity contribution in [1.82, 2.24) is 4.90 Å². The molecule has 1 fully saturated rings. The molecule has 0 saturated carbocycles. The SMILES string of the molecule is C[C@@H](O)COc1ccc(N2CCN(C[C@@](C)(O)c3ccc(C(N)=O)cc3)C[C@H]2c2ccc(Cl)cc2)c(Cl)c1. The standard InChI is InChI=1S/C29H33Cl2N3O4/c1-19(35)17-38-24-11-12-26(25(31)15-24)34-14-13-33(16-27(34)20-5-9-23(30)10-6-20)18-29(2,37)22-7-3-21(4-8-22)28(32)36/h3-12,15,19,27,35,37H,13-14,16-18H2,1-2H3,(H2,32,36)/t19-,27+,29-/m1/s1. The quantitative estimate of drug-likeness (QED) is 0.355. The third kappa shape index (κ3) is 6.79. The van der Waals surface area contributed by atoms with Gasteiger partial charge in [0.25, 0.3) is 0 Å². The molecular weight excluding hydrogens is 525 g/mol. The Hall–Kier alpha value is -2.81. The second-order valence-electron chi connectivity index (χ2n) is 9.98. The van der Waals surface area contributed by atoms with Crippen molar-refractivity contribution in [1.29, 1.82) is 0 Å². The van der Waals surface area contributed by atoms with E-state index in [1.165, 1.54) is 0 Å². The predicted molar refractivity (Wildman–Crippen MR) is 151 cm³/mol. The van der Waals surface area contributed by atoms with Gasteiger partial charge in [-0.25, -0.2) is 0 Å². The van der Waals surface area contributed by atoms with Crippen LogP contribution in [-0.4, -0.2) is 59.9 Å². The Labute approximate surface area is 233 Å². The fourth-order valence-electron chi connectivity index (χ4n) is 4.79. The van der Waals surface area contributed by atoms with Crippen molar-refractivity contribution < 1.29 is 19.7 Å². The van der Waals surface area contributed by atoms with Gasteiger partial charge in [-0.15, -0.1) is 0 Å². The third-order valence-electron chi connectivity index (χ3n) is 6.76. The lowest BCUT2D eigenvalue weighted by molar-refractivity contribution is 0.0103. The molecule has 4 rings (SSSR count). The van der Waals surface area contributed by atoms with Gasteiger partial charge in [0, 0.05) is 42.8 Å². The summed E-state index contributed by atoms with van der Waals surface area (Å²) in [5, 5.41) is 22.1. The summed E-state index contributed by atoms with van der Waals surface area (Å²) in [5.41, 5.74) is 7.30. The number of aliphatic hydroxyl groups is 2. The minimum Gasteiger partial charge on any atom is -0.491 e. The molecular formula is C29H33Cl2N3O4. The Balaban J connectivity index is 1.56. The highest BCUT2D eigenvalue weighted by Gasteiger charge is 2.34. The Bertz CT molecular complexity index is 1250. The molecule has 1 aliphatic heterocycles. The summed E-state index contributed by atoms with van der Waals surface area (Å²) in [4.78, 5) is 15.9. The number of anilines is 1. The fourth-order valence-corrected chi connectivity index (χ4v) is 5.19. The number of hydrogen-bond acceptors (Lipinski definition) is 6. The second kappa shape index (κ2) is 11.9. The molecule has 4 N–H and O–H groups in total. The molecule has 0 aliphatic carbocycles. The Kier molecular flexibility index (Phi) is 8.85. The number of benzene rings is 3. The second-order valence-corrected chi connectivity index (χ2v) is 10.8. The van der Waals surface area contributed by atoms with Crippen LogP contribution in [0.5, 0.6) is 5.75 Å². The average molecular weight is 559 g/mol. The molecule has 3 aromatic rings. The van der Waals surface area contributed by atoms with Crippen molar-refractivity contribution in [3.05, 3.63) is 93.5 Å². The maximum atomic E-state index is 11.4. The van der Waals surface area contributed by atoms with Gasteiger partial charge >= 0.3 is 0 Å². The summed E-state index contributed by atoms with van der Waals surface area (Å²) in [5.74, 6) is 0.0964. The summed E-state index contributed by atoms with van der Waals surface area (Å²) in [7, 11) is 0. The first-order chi connectivity index (χ1) is 18.0. The molecule has 1 heterocycles. The molecule has 1 saturated heterocycles. The highest BCUT2D eigenvalue weighted by Crippen LogP contribution is 2.38. The molecule has 0 bridgehead atoms. The van der Waals surface area contributed by atoms with Crippen LogP contribution in [0.1, 0.15) is 41.4 Å². The molecule has 0 aromatic heterocycles. The molecule has 0 radical (unpaired) electrons. The van der Waals surface area contributed by atoms with Crippen molar-refractivity contribution in [3.63, 3.8) is 0 Å². The Morgan fingerprint density at radius 3 is 2.39 bits per heavy atom. The fraction of sp³-hybridized carbons (Fsp3) is 0.345. The van der Waals surface area contributed by atoms with Crippen LogP contribution in [0.15, 0.2) is 66.7 Å². The van der Waals surface area contributed by atoms with E-state index in [-0.39, 0.29) is 12.6 Å². The van der Waals surface area contributed by atoms with Gasteiger partial charge in [0.05, 0.1) is 28.5 Å². The van der Waals surface area contributed by atoms with Crippen LogP contribution in [-0.2, 0) is 5.60 Å². The largest absolute Gasteiger partial charge is 0.491 e. The number of rotatable bonds is 9. The summed E-state index contributed by atoms with van der Waals surface area (Å²) in [6.07, 6.45) is -0.575. The first kappa shape index (κ1) is 28.2. The van der Waals surface area contributed by atoms with Gasteiger partial charge in [-0.05, 0) is 61.4 Å². The van der Waals surface area contributed by atoms with Crippen LogP contribution in [0.3, 0.4) is 0 Å². The molecule has 38 heavy (non-hydrogen) atoms. The van der Waals surface area contributed by atoms with Crippen LogP contribution in [0.25, 0.3) is 0 Å². The van der Waals surface area contributed by atoms with Crippen LogP contribution in [0, 0.1) is 0 Å². The zero-order valence-electron chi connectivity index (χ0n) is 21.5. The summed E-state index contributed by atoms with van der Waals surface area (Å²) >= 11 is 12.9. The van der Waals surface area contributed by atoms with E-state index in [1.54, 1.807) is 44.2 Å². The van der Waals surface area contributed by atoms with Crippen molar-refractivity contribution in [2.24, 2.45) is 5.73 Å². The molecule has 1 amide bonds. The van der Waals surface area contributed by atoms with Crippen LogP contribution in [0.4, 0.5) is 5.69 Å². The Morgan fingerprint density at radius 2 is 1.79 bits per heavy atom. The Morgan fingerprint density at radius 1 is 1.11 bits per heavy atom. The van der Waals surface area contributed by atoms with Crippen LogP contribution < -0.4 is 15.4 Å². The number of nitrogens with two attached hydrogens (primary N) is 1. The minimum absolute atomic E-state index is 0.0456. The number of β-amino-alcohol motifs (C(OH)–C–C–N with tert-alkyl or cyclic N) is 1. The lowest BCUT2D eigenvalue weighted by Gasteiger charge is -2.45.